The number of carbonyl (C=O) groups excluding carboxylic acids is 2. The molecule has 0 aliphatic carbocycles. The molecule has 3 aliphatic rings. The third kappa shape index (κ3) is 4.51. The number of cyclic esters (lactones) is 1. The summed E-state index contributed by atoms with van der Waals surface area (Å²) in [6.07, 6.45) is 4.60. The van der Waals surface area contributed by atoms with Gasteiger partial charge in [0.1, 0.15) is 6.10 Å². The van der Waals surface area contributed by atoms with E-state index in [0.29, 0.717) is 31.5 Å². The largest absolute Gasteiger partial charge is 0.483 e. The van der Waals surface area contributed by atoms with Crippen LogP contribution in [0.2, 0.25) is 0 Å². The van der Waals surface area contributed by atoms with Gasteiger partial charge in [0.25, 0.3) is 12.4 Å². The molecule has 0 saturated carbocycles. The summed E-state index contributed by atoms with van der Waals surface area (Å²) in [5.41, 5.74) is 2.58. The van der Waals surface area contributed by atoms with Gasteiger partial charge in [-0.25, -0.2) is 4.98 Å². The van der Waals surface area contributed by atoms with E-state index in [0.717, 1.165) is 48.5 Å². The second-order valence-electron chi connectivity index (χ2n) is 9.64. The average molecular weight is 472 g/mol. The molecule has 184 valence electrons. The summed E-state index contributed by atoms with van der Waals surface area (Å²) in [5.74, 6) is -0.0597. The Bertz CT molecular complexity index is 1080. The van der Waals surface area contributed by atoms with Gasteiger partial charge in [-0.2, -0.15) is 5.10 Å². The van der Waals surface area contributed by atoms with E-state index in [1.54, 1.807) is 4.68 Å². The van der Waals surface area contributed by atoms with E-state index in [9.17, 15) is 9.59 Å². The number of amides is 1. The van der Waals surface area contributed by atoms with Gasteiger partial charge in [0, 0.05) is 38.8 Å². The number of aryl methyl sites for hydroxylation is 3. The van der Waals surface area contributed by atoms with Gasteiger partial charge in [0.2, 0.25) is 0 Å². The maximum Gasteiger partial charge on any atom is 0.312 e. The first-order chi connectivity index (χ1) is 16.3. The zero-order valence-corrected chi connectivity index (χ0v) is 20.1. The van der Waals surface area contributed by atoms with Gasteiger partial charge >= 0.3 is 5.97 Å². The van der Waals surface area contributed by atoms with Crippen LogP contribution in [0.25, 0.3) is 11.0 Å². The highest BCUT2D eigenvalue weighted by molar-refractivity contribution is 6.06. The molecule has 1 N–H and O–H groups in total. The minimum atomic E-state index is -0.422. The first-order valence-electron chi connectivity index (χ1n) is 11.9. The fraction of sp³-hybridized carbons (Fsp3) is 0.625. The van der Waals surface area contributed by atoms with Crippen LogP contribution in [-0.4, -0.2) is 86.8 Å². The molecule has 3 aliphatic heterocycles. The number of pyridine rings is 1. The van der Waals surface area contributed by atoms with Crippen molar-refractivity contribution in [3.63, 3.8) is 0 Å². The van der Waals surface area contributed by atoms with Crippen LogP contribution in [0, 0.1) is 19.3 Å². The Hall–Kier alpha value is -3.01. The number of carboxylic acid groups (broad SMARTS) is 1. The Kier molecular flexibility index (Phi) is 6.88. The number of hydrogen-bond donors (Lipinski definition) is 1. The first-order valence-corrected chi connectivity index (χ1v) is 11.9. The van der Waals surface area contributed by atoms with E-state index >= 15 is 0 Å². The Labute approximate surface area is 198 Å². The maximum atomic E-state index is 13.4. The fourth-order valence-corrected chi connectivity index (χ4v) is 5.65. The molecule has 1 atom stereocenters. The number of rotatable bonds is 3. The van der Waals surface area contributed by atoms with Crippen LogP contribution in [0.15, 0.2) is 6.07 Å². The number of likely N-dealkylation sites (tertiary alicyclic amines) is 2. The molecule has 1 unspecified atom stereocenters. The number of nitrogens with zero attached hydrogens (tertiary/aromatic N) is 5. The van der Waals surface area contributed by atoms with Crippen LogP contribution in [-0.2, 0) is 21.4 Å². The summed E-state index contributed by atoms with van der Waals surface area (Å²) in [6, 6.07) is 1.86. The normalized spacial score (nSPS) is 22.0. The van der Waals surface area contributed by atoms with Gasteiger partial charge in [-0.3, -0.25) is 24.0 Å². The number of aromatic nitrogens is 3. The van der Waals surface area contributed by atoms with E-state index in [4.69, 9.17) is 14.6 Å². The van der Waals surface area contributed by atoms with Gasteiger partial charge in [0.05, 0.1) is 22.1 Å². The zero-order valence-electron chi connectivity index (χ0n) is 20.1. The van der Waals surface area contributed by atoms with Crippen molar-refractivity contribution in [1.82, 2.24) is 24.6 Å². The maximum absolute atomic E-state index is 13.4. The topological polar surface area (TPSA) is 118 Å². The van der Waals surface area contributed by atoms with Crippen molar-refractivity contribution in [1.29, 1.82) is 0 Å². The number of ether oxygens (including phenoxy) is 1. The number of piperidine rings is 1. The lowest BCUT2D eigenvalue weighted by molar-refractivity contribution is -0.151. The molecule has 0 aromatic carbocycles. The third-order valence-electron chi connectivity index (χ3n) is 7.32. The predicted octanol–water partition coefficient (Wildman–Crippen LogP) is 1.92. The molecule has 3 saturated heterocycles. The van der Waals surface area contributed by atoms with Crippen molar-refractivity contribution >= 4 is 29.4 Å². The smallest absolute Gasteiger partial charge is 0.312 e. The molecule has 1 spiro atoms. The van der Waals surface area contributed by atoms with E-state index in [1.165, 1.54) is 12.8 Å². The fourth-order valence-electron chi connectivity index (χ4n) is 5.65. The molecule has 34 heavy (non-hydrogen) atoms. The van der Waals surface area contributed by atoms with E-state index in [1.807, 2.05) is 31.9 Å². The molecule has 10 nitrogen and oxygen atoms in total. The van der Waals surface area contributed by atoms with Crippen molar-refractivity contribution < 1.29 is 24.2 Å². The van der Waals surface area contributed by atoms with Crippen molar-refractivity contribution in [2.24, 2.45) is 12.5 Å². The van der Waals surface area contributed by atoms with Crippen LogP contribution < -0.4 is 0 Å². The molecule has 5 heterocycles. The Balaban J connectivity index is 0.000000868. The molecule has 2 aromatic heterocycles. The minimum Gasteiger partial charge on any atom is -0.483 e. The Morgan fingerprint density at radius 3 is 2.53 bits per heavy atom. The monoisotopic (exact) mass is 471 g/mol. The summed E-state index contributed by atoms with van der Waals surface area (Å²) < 4.78 is 7.52. The Morgan fingerprint density at radius 1 is 1.24 bits per heavy atom. The predicted molar refractivity (Wildman–Crippen MR) is 124 cm³/mol. The highest BCUT2D eigenvalue weighted by atomic mass is 16.6. The number of esters is 1. The molecular formula is C24H33N5O5. The number of carbonyl (C=O) groups is 3. The SMILES string of the molecule is Cc1cc(C(=O)N2CCC3(CC2)CC(CN2CCCC2)OC3=O)c2c(C)nn(C)c2n1.O=CO. The van der Waals surface area contributed by atoms with Crippen molar-refractivity contribution in [3.8, 4) is 0 Å². The van der Waals surface area contributed by atoms with Crippen LogP contribution in [0.3, 0.4) is 0 Å². The lowest BCUT2D eigenvalue weighted by Crippen LogP contribution is -2.45. The Morgan fingerprint density at radius 2 is 1.88 bits per heavy atom. The first kappa shape index (κ1) is 24.1. The molecule has 0 radical (unpaired) electrons. The number of fused-ring (bicyclic) bond motifs is 1. The molecule has 5 rings (SSSR count). The number of hydrogen-bond acceptors (Lipinski definition) is 7. The van der Waals surface area contributed by atoms with E-state index in [2.05, 4.69) is 15.0 Å². The van der Waals surface area contributed by atoms with Crippen LogP contribution in [0.5, 0.6) is 0 Å². The van der Waals surface area contributed by atoms with Crippen molar-refractivity contribution in [2.75, 3.05) is 32.7 Å². The highest BCUT2D eigenvalue weighted by Gasteiger charge is 2.51. The molecule has 10 heteroatoms. The van der Waals surface area contributed by atoms with Gasteiger partial charge < -0.3 is 14.7 Å². The third-order valence-corrected chi connectivity index (χ3v) is 7.32. The van der Waals surface area contributed by atoms with Crippen molar-refractivity contribution in [3.05, 3.63) is 23.0 Å². The van der Waals surface area contributed by atoms with Gasteiger partial charge in [-0.15, -0.1) is 0 Å². The molecule has 1 amide bonds. The highest BCUT2D eigenvalue weighted by Crippen LogP contribution is 2.43. The summed E-state index contributed by atoms with van der Waals surface area (Å²) in [6.45, 7) is 7.78. The van der Waals surface area contributed by atoms with E-state index in [-0.39, 0.29) is 24.5 Å². The summed E-state index contributed by atoms with van der Waals surface area (Å²) in [5, 5.41) is 12.2. The van der Waals surface area contributed by atoms with Crippen LogP contribution in [0.4, 0.5) is 0 Å². The van der Waals surface area contributed by atoms with Gasteiger partial charge in [0.15, 0.2) is 5.65 Å². The van der Waals surface area contributed by atoms with E-state index < -0.39 is 5.41 Å². The standard InChI is InChI=1S/C23H31N5O3.CH2O2/c1-15-12-18(19-16(2)25-26(3)20(19)24-15)21(29)28-10-6-23(7-11-28)13-17(31-22(23)30)14-27-8-4-5-9-27;2-1-3/h12,17H,4-11,13-14H2,1-3H3;1H,(H,2,3). The lowest BCUT2D eigenvalue weighted by atomic mass is 9.76. The molecule has 2 aromatic rings. The second-order valence-corrected chi connectivity index (χ2v) is 9.64. The quantitative estimate of drug-likeness (QED) is 0.533. The van der Waals surface area contributed by atoms with Crippen LogP contribution in [0.1, 0.15) is 53.8 Å². The summed E-state index contributed by atoms with van der Waals surface area (Å²) in [7, 11) is 1.85. The minimum absolute atomic E-state index is 0.00133. The summed E-state index contributed by atoms with van der Waals surface area (Å²) in [4.78, 5) is 43.4. The molecule has 0 bridgehead atoms. The van der Waals surface area contributed by atoms with Crippen molar-refractivity contribution in [2.45, 2.75) is 52.1 Å². The van der Waals surface area contributed by atoms with Gasteiger partial charge in [-0.05, 0) is 58.7 Å². The average Bonchev–Trinajstić information content (AvgIpc) is 3.48. The second kappa shape index (κ2) is 9.69. The van der Waals surface area contributed by atoms with Gasteiger partial charge in [-0.1, -0.05) is 0 Å². The molecule has 3 fully saturated rings. The lowest BCUT2D eigenvalue weighted by Gasteiger charge is -2.36. The van der Waals surface area contributed by atoms with Crippen LogP contribution >= 0.6 is 0 Å². The molecular weight excluding hydrogens is 438 g/mol. The zero-order chi connectivity index (χ0) is 24.5. The summed E-state index contributed by atoms with van der Waals surface area (Å²) >= 11 is 0.